The molecule has 7 nitrogen and oxygen atoms in total. The first-order chi connectivity index (χ1) is 12.7. The number of rotatable bonds is 4. The van der Waals surface area contributed by atoms with Crippen molar-refractivity contribution in [2.45, 2.75) is 6.92 Å². The van der Waals surface area contributed by atoms with E-state index in [1.807, 2.05) is 49.4 Å². The summed E-state index contributed by atoms with van der Waals surface area (Å²) in [6.45, 7) is 2.11. The van der Waals surface area contributed by atoms with Crippen molar-refractivity contribution in [3.63, 3.8) is 0 Å². The van der Waals surface area contributed by atoms with Gasteiger partial charge in [-0.2, -0.15) is 10.2 Å². The van der Waals surface area contributed by atoms with Gasteiger partial charge in [0, 0.05) is 23.5 Å². The minimum absolute atomic E-state index is 0.228. The molecule has 0 saturated carbocycles. The second kappa shape index (κ2) is 6.61. The molecule has 0 spiro atoms. The topological polar surface area (TPSA) is 92.1 Å². The van der Waals surface area contributed by atoms with E-state index in [1.165, 1.54) is 0 Å². The summed E-state index contributed by atoms with van der Waals surface area (Å²) in [7, 11) is 0. The number of benzene rings is 2. The van der Waals surface area contributed by atoms with Crippen LogP contribution in [-0.4, -0.2) is 16.8 Å². The number of hydrogen-bond donors (Lipinski definition) is 2. The van der Waals surface area contributed by atoms with Crippen LogP contribution in [0.2, 0.25) is 0 Å². The summed E-state index contributed by atoms with van der Waals surface area (Å²) in [5, 5.41) is 15.6. The summed E-state index contributed by atoms with van der Waals surface area (Å²) in [5.41, 5.74) is 2.83. The van der Waals surface area contributed by atoms with Crippen LogP contribution in [0, 0.1) is 18.3 Å². The number of para-hydroxylation sites is 1. The number of fused-ring (bicyclic) bond motifs is 1. The maximum absolute atomic E-state index is 9.22. The molecular formula is C19H15N5O2. The van der Waals surface area contributed by atoms with Gasteiger partial charge in [-0.3, -0.25) is 0 Å². The summed E-state index contributed by atoms with van der Waals surface area (Å²) < 4.78 is 10.7. The number of hydrogen-bond acceptors (Lipinski definition) is 7. The Kier molecular flexibility index (Phi) is 4.00. The Morgan fingerprint density at radius 3 is 2.73 bits per heavy atom. The summed E-state index contributed by atoms with van der Waals surface area (Å²) in [6, 6.07) is 16.8. The third kappa shape index (κ3) is 3.21. The van der Waals surface area contributed by atoms with Crippen LogP contribution in [-0.2, 0) is 0 Å². The molecule has 0 unspecified atom stereocenters. The first-order valence-electron chi connectivity index (χ1n) is 8.00. The zero-order chi connectivity index (χ0) is 17.9. The van der Waals surface area contributed by atoms with Gasteiger partial charge in [-0.1, -0.05) is 12.1 Å². The van der Waals surface area contributed by atoms with Gasteiger partial charge in [0.1, 0.15) is 11.9 Å². The second-order valence-corrected chi connectivity index (χ2v) is 5.69. The van der Waals surface area contributed by atoms with Crippen LogP contribution in [0.4, 0.5) is 23.1 Å². The fourth-order valence-corrected chi connectivity index (χ4v) is 2.62. The van der Waals surface area contributed by atoms with Crippen molar-refractivity contribution in [2.75, 3.05) is 17.4 Å². The van der Waals surface area contributed by atoms with E-state index >= 15 is 0 Å². The van der Waals surface area contributed by atoms with E-state index in [9.17, 15) is 5.26 Å². The molecule has 1 aliphatic heterocycles. The molecule has 7 heteroatoms. The van der Waals surface area contributed by atoms with E-state index in [-0.39, 0.29) is 6.79 Å². The highest BCUT2D eigenvalue weighted by atomic mass is 16.7. The van der Waals surface area contributed by atoms with Gasteiger partial charge < -0.3 is 20.1 Å². The lowest BCUT2D eigenvalue weighted by molar-refractivity contribution is 0.174. The third-order valence-electron chi connectivity index (χ3n) is 3.79. The Labute approximate surface area is 150 Å². The normalized spacial score (nSPS) is 11.7. The van der Waals surface area contributed by atoms with Crippen LogP contribution in [0.3, 0.4) is 0 Å². The van der Waals surface area contributed by atoms with Gasteiger partial charge in [0.05, 0.1) is 11.3 Å². The van der Waals surface area contributed by atoms with Crippen LogP contribution in [0.5, 0.6) is 11.5 Å². The minimum Gasteiger partial charge on any atom is -0.454 e. The van der Waals surface area contributed by atoms with Crippen LogP contribution in [0.1, 0.15) is 11.3 Å². The van der Waals surface area contributed by atoms with E-state index in [1.54, 1.807) is 6.07 Å². The molecule has 0 saturated heterocycles. The molecule has 0 atom stereocenters. The number of nitrogens with zero attached hydrogens (tertiary/aromatic N) is 3. The highest BCUT2D eigenvalue weighted by molar-refractivity contribution is 5.66. The van der Waals surface area contributed by atoms with Gasteiger partial charge in [-0.05, 0) is 31.2 Å². The largest absolute Gasteiger partial charge is 0.454 e. The fraction of sp³-hybridized carbons (Fsp3) is 0.105. The van der Waals surface area contributed by atoms with Gasteiger partial charge >= 0.3 is 0 Å². The minimum atomic E-state index is 0.228. The quantitative estimate of drug-likeness (QED) is 0.741. The average Bonchev–Trinajstić information content (AvgIpc) is 3.09. The molecule has 1 aromatic heterocycles. The molecule has 3 aromatic rings. The number of ether oxygens (including phenoxy) is 2. The molecule has 0 radical (unpaired) electrons. The lowest BCUT2D eigenvalue weighted by Gasteiger charge is -2.11. The van der Waals surface area contributed by atoms with Gasteiger partial charge in [-0.15, -0.1) is 0 Å². The molecular weight excluding hydrogens is 330 g/mol. The molecule has 2 N–H and O–H groups in total. The predicted molar refractivity (Wildman–Crippen MR) is 97.1 cm³/mol. The average molecular weight is 345 g/mol. The molecule has 1 aliphatic rings. The highest BCUT2D eigenvalue weighted by Crippen LogP contribution is 2.35. The number of nitrogens with one attached hydrogen (secondary N) is 2. The smallest absolute Gasteiger partial charge is 0.231 e. The number of aryl methyl sites for hydroxylation is 1. The molecule has 128 valence electrons. The Bertz CT molecular complexity index is 1010. The van der Waals surface area contributed by atoms with E-state index < -0.39 is 0 Å². The van der Waals surface area contributed by atoms with E-state index in [4.69, 9.17) is 9.47 Å². The zero-order valence-corrected chi connectivity index (χ0v) is 14.0. The van der Waals surface area contributed by atoms with Crippen molar-refractivity contribution in [1.82, 2.24) is 9.97 Å². The van der Waals surface area contributed by atoms with Gasteiger partial charge in [-0.25, -0.2) is 4.98 Å². The van der Waals surface area contributed by atoms with E-state index in [0.29, 0.717) is 28.8 Å². The van der Waals surface area contributed by atoms with Crippen molar-refractivity contribution in [3.05, 3.63) is 59.8 Å². The Hall–Kier alpha value is -3.79. The fourth-order valence-electron chi connectivity index (χ4n) is 2.62. The molecule has 2 aromatic carbocycles. The molecule has 26 heavy (non-hydrogen) atoms. The summed E-state index contributed by atoms with van der Waals surface area (Å²) in [4.78, 5) is 8.89. The number of aromatic nitrogens is 2. The maximum atomic E-state index is 9.22. The molecule has 0 aliphatic carbocycles. The van der Waals surface area contributed by atoms with Crippen LogP contribution < -0.4 is 20.1 Å². The van der Waals surface area contributed by atoms with Crippen molar-refractivity contribution in [2.24, 2.45) is 0 Å². The van der Waals surface area contributed by atoms with Gasteiger partial charge in [0.25, 0.3) is 0 Å². The Morgan fingerprint density at radius 1 is 1.00 bits per heavy atom. The van der Waals surface area contributed by atoms with Crippen LogP contribution in [0.15, 0.2) is 48.5 Å². The number of anilines is 4. The lowest BCUT2D eigenvalue weighted by atomic mass is 10.2. The van der Waals surface area contributed by atoms with E-state index in [0.717, 1.165) is 17.1 Å². The molecule has 0 fully saturated rings. The first kappa shape index (κ1) is 15.7. The first-order valence-corrected chi connectivity index (χ1v) is 8.00. The molecule has 2 heterocycles. The van der Waals surface area contributed by atoms with Crippen molar-refractivity contribution < 1.29 is 9.47 Å². The Morgan fingerprint density at radius 2 is 1.85 bits per heavy atom. The Balaban J connectivity index is 1.59. The number of nitriles is 1. The van der Waals surface area contributed by atoms with Crippen LogP contribution in [0.25, 0.3) is 0 Å². The second-order valence-electron chi connectivity index (χ2n) is 5.69. The van der Waals surface area contributed by atoms with Crippen LogP contribution >= 0.6 is 0 Å². The molecule has 0 bridgehead atoms. The summed E-state index contributed by atoms with van der Waals surface area (Å²) in [5.74, 6) is 2.45. The van der Waals surface area contributed by atoms with Crippen molar-refractivity contribution in [1.29, 1.82) is 5.26 Å². The third-order valence-corrected chi connectivity index (χ3v) is 3.79. The predicted octanol–water partition coefficient (Wildman–Crippen LogP) is 3.87. The SMILES string of the molecule is Cc1cc(Nc2ccccc2C#N)nc(Nc2ccc3c(c2)OCO3)n1. The highest BCUT2D eigenvalue weighted by Gasteiger charge is 2.14. The maximum Gasteiger partial charge on any atom is 0.231 e. The molecule has 0 amide bonds. The van der Waals surface area contributed by atoms with Crippen molar-refractivity contribution >= 4 is 23.1 Å². The standard InChI is InChI=1S/C19H15N5O2/c1-12-8-18(23-15-5-3-2-4-13(15)10-20)24-19(21-12)22-14-6-7-16-17(9-14)26-11-25-16/h2-9H,11H2,1H3,(H2,21,22,23,24). The summed E-state index contributed by atoms with van der Waals surface area (Å²) in [6.07, 6.45) is 0. The lowest BCUT2D eigenvalue weighted by Crippen LogP contribution is -2.03. The monoisotopic (exact) mass is 345 g/mol. The zero-order valence-electron chi connectivity index (χ0n) is 14.0. The van der Waals surface area contributed by atoms with Gasteiger partial charge in [0.2, 0.25) is 12.7 Å². The molecule has 4 rings (SSSR count). The van der Waals surface area contributed by atoms with E-state index in [2.05, 4.69) is 26.7 Å². The van der Waals surface area contributed by atoms with Gasteiger partial charge in [0.15, 0.2) is 11.5 Å². The van der Waals surface area contributed by atoms with Crippen molar-refractivity contribution in [3.8, 4) is 17.6 Å². The summed E-state index contributed by atoms with van der Waals surface area (Å²) >= 11 is 0.